The number of thiocarbonyl (C=S) groups is 1. The molecule has 3 aromatic rings. The van der Waals surface area contributed by atoms with Crippen molar-refractivity contribution in [2.45, 2.75) is 6.61 Å². The lowest BCUT2D eigenvalue weighted by molar-refractivity contribution is -0.123. The first-order chi connectivity index (χ1) is 16.4. The zero-order valence-electron chi connectivity index (χ0n) is 18.1. The minimum atomic E-state index is -0.474. The number of carbonyl (C=O) groups is 2. The van der Waals surface area contributed by atoms with Gasteiger partial charge in [-0.3, -0.25) is 15.0 Å². The van der Waals surface area contributed by atoms with E-state index in [0.29, 0.717) is 28.4 Å². The van der Waals surface area contributed by atoms with Crippen LogP contribution in [0.15, 0.2) is 77.7 Å². The summed E-state index contributed by atoms with van der Waals surface area (Å²) in [4.78, 5) is 25.8. The molecule has 2 N–H and O–H groups in total. The normalized spacial score (nSPS) is 14.4. The van der Waals surface area contributed by atoms with Gasteiger partial charge in [0.15, 0.2) is 15.8 Å². The fraction of sp³-hybridized carbons (Fsp3) is 0.0800. The predicted octanol–water partition coefficient (Wildman–Crippen LogP) is 4.53. The van der Waals surface area contributed by atoms with Gasteiger partial charge in [0.05, 0.1) is 12.0 Å². The molecule has 34 heavy (non-hydrogen) atoms. The summed E-state index contributed by atoms with van der Waals surface area (Å²) in [6.07, 6.45) is 1.62. The van der Waals surface area contributed by atoms with E-state index in [2.05, 4.69) is 5.43 Å². The number of aromatic hydroxyl groups is 1. The number of phenolic OH excluding ortho intramolecular Hbond substituents is 1. The molecule has 0 aliphatic carbocycles. The van der Waals surface area contributed by atoms with E-state index in [9.17, 15) is 14.7 Å². The van der Waals surface area contributed by atoms with Crippen LogP contribution in [-0.4, -0.2) is 33.4 Å². The van der Waals surface area contributed by atoms with Crippen molar-refractivity contribution in [2.75, 3.05) is 7.11 Å². The highest BCUT2D eigenvalue weighted by Gasteiger charge is 2.33. The summed E-state index contributed by atoms with van der Waals surface area (Å²) in [5, 5.41) is 10.8. The number of nitrogens with zero attached hydrogens (tertiary/aromatic N) is 1. The lowest BCUT2D eigenvalue weighted by atomic mass is 10.2. The van der Waals surface area contributed by atoms with Gasteiger partial charge in [-0.25, -0.2) is 0 Å². The van der Waals surface area contributed by atoms with Gasteiger partial charge in [0.25, 0.3) is 11.8 Å². The number of benzene rings is 3. The second-order valence-corrected chi connectivity index (χ2v) is 8.86. The molecular formula is C25H20N2O5S2. The molecule has 0 atom stereocenters. The van der Waals surface area contributed by atoms with Crippen LogP contribution in [0.4, 0.5) is 0 Å². The number of hydrogen-bond donors (Lipinski definition) is 2. The first-order valence-electron chi connectivity index (χ1n) is 10.2. The molecule has 2 amide bonds. The number of nitrogens with one attached hydrogen (secondary N) is 1. The van der Waals surface area contributed by atoms with Crippen LogP contribution in [0.2, 0.25) is 0 Å². The topological polar surface area (TPSA) is 88.1 Å². The van der Waals surface area contributed by atoms with Gasteiger partial charge < -0.3 is 14.6 Å². The number of ether oxygens (including phenoxy) is 2. The third-order valence-electron chi connectivity index (χ3n) is 4.87. The van der Waals surface area contributed by atoms with Crippen LogP contribution in [-0.2, 0) is 11.4 Å². The van der Waals surface area contributed by atoms with Gasteiger partial charge in [-0.05, 0) is 65.8 Å². The largest absolute Gasteiger partial charge is 0.504 e. The predicted molar refractivity (Wildman–Crippen MR) is 134 cm³/mol. The van der Waals surface area contributed by atoms with Crippen molar-refractivity contribution in [1.29, 1.82) is 0 Å². The van der Waals surface area contributed by atoms with Crippen molar-refractivity contribution in [3.05, 3.63) is 94.4 Å². The highest BCUT2D eigenvalue weighted by molar-refractivity contribution is 8.26. The Bertz CT molecular complexity index is 1260. The quantitative estimate of drug-likeness (QED) is 0.370. The molecule has 3 aromatic carbocycles. The van der Waals surface area contributed by atoms with E-state index in [1.165, 1.54) is 13.2 Å². The fourth-order valence-electron chi connectivity index (χ4n) is 3.11. The number of hydrazine groups is 1. The molecule has 0 aromatic heterocycles. The Morgan fingerprint density at radius 3 is 2.56 bits per heavy atom. The van der Waals surface area contributed by atoms with Crippen LogP contribution in [0.1, 0.15) is 21.5 Å². The van der Waals surface area contributed by atoms with E-state index < -0.39 is 11.8 Å². The summed E-state index contributed by atoms with van der Waals surface area (Å²) in [7, 11) is 1.44. The first-order valence-corrected chi connectivity index (χ1v) is 11.4. The Labute approximate surface area is 206 Å². The number of hydrogen-bond acceptors (Lipinski definition) is 7. The highest BCUT2D eigenvalue weighted by Crippen LogP contribution is 2.33. The standard InChI is InChI=1S/C25H20N2O5S2/c1-31-21-13-17(7-12-20(21)28)14-22-24(30)27(25(33)34-22)26-23(29)18-8-10-19(11-9-18)32-15-16-5-3-2-4-6-16/h2-14,28H,15H2,1H3,(H,26,29)/b22-14-. The SMILES string of the molecule is COc1cc(/C=C2\SC(=S)N(NC(=O)c3ccc(OCc4ccccc4)cc3)C2=O)ccc1O. The molecule has 1 heterocycles. The monoisotopic (exact) mass is 492 g/mol. The molecular weight excluding hydrogens is 472 g/mol. The molecule has 0 spiro atoms. The van der Waals surface area contributed by atoms with Gasteiger partial charge >= 0.3 is 0 Å². The van der Waals surface area contributed by atoms with E-state index in [1.54, 1.807) is 42.5 Å². The van der Waals surface area contributed by atoms with E-state index in [4.69, 9.17) is 21.7 Å². The number of carbonyl (C=O) groups excluding carboxylic acids is 2. The van der Waals surface area contributed by atoms with Crippen molar-refractivity contribution < 1.29 is 24.2 Å². The Morgan fingerprint density at radius 2 is 1.85 bits per heavy atom. The van der Waals surface area contributed by atoms with Crippen LogP contribution >= 0.6 is 24.0 Å². The van der Waals surface area contributed by atoms with Crippen molar-refractivity contribution in [3.8, 4) is 17.2 Å². The van der Waals surface area contributed by atoms with Crippen molar-refractivity contribution in [2.24, 2.45) is 0 Å². The maximum atomic E-state index is 12.8. The molecule has 0 saturated carbocycles. The molecule has 9 heteroatoms. The molecule has 0 bridgehead atoms. The molecule has 1 saturated heterocycles. The first kappa shape index (κ1) is 23.3. The zero-order valence-corrected chi connectivity index (χ0v) is 19.7. The van der Waals surface area contributed by atoms with Gasteiger partial charge in [-0.1, -0.05) is 48.2 Å². The third-order valence-corrected chi connectivity index (χ3v) is 6.18. The zero-order chi connectivity index (χ0) is 24.1. The van der Waals surface area contributed by atoms with Crippen molar-refractivity contribution >= 4 is 46.2 Å². The molecule has 172 valence electrons. The van der Waals surface area contributed by atoms with Crippen LogP contribution in [0.3, 0.4) is 0 Å². The smallest absolute Gasteiger partial charge is 0.285 e. The summed E-state index contributed by atoms with van der Waals surface area (Å²) >= 11 is 6.35. The second-order valence-electron chi connectivity index (χ2n) is 7.19. The number of rotatable bonds is 7. The van der Waals surface area contributed by atoms with Crippen LogP contribution in [0.25, 0.3) is 6.08 Å². The summed E-state index contributed by atoms with van der Waals surface area (Å²) in [5.41, 5.74) is 4.60. The Kier molecular flexibility index (Phi) is 7.15. The average Bonchev–Trinajstić information content (AvgIpc) is 3.12. The second kappa shape index (κ2) is 10.4. The van der Waals surface area contributed by atoms with E-state index in [0.717, 1.165) is 22.3 Å². The van der Waals surface area contributed by atoms with E-state index >= 15 is 0 Å². The number of thioether (sulfide) groups is 1. The van der Waals surface area contributed by atoms with E-state index in [1.807, 2.05) is 30.3 Å². The summed E-state index contributed by atoms with van der Waals surface area (Å²) in [5.74, 6) is -0.0142. The van der Waals surface area contributed by atoms with Crippen LogP contribution in [0.5, 0.6) is 17.2 Å². The maximum absolute atomic E-state index is 12.8. The van der Waals surface area contributed by atoms with Crippen molar-refractivity contribution in [1.82, 2.24) is 10.4 Å². The Morgan fingerprint density at radius 1 is 1.12 bits per heavy atom. The fourth-order valence-corrected chi connectivity index (χ4v) is 4.29. The minimum Gasteiger partial charge on any atom is -0.504 e. The summed E-state index contributed by atoms with van der Waals surface area (Å²) < 4.78 is 11.0. The van der Waals surface area contributed by atoms with Crippen molar-refractivity contribution in [3.63, 3.8) is 0 Å². The highest BCUT2D eigenvalue weighted by atomic mass is 32.2. The van der Waals surface area contributed by atoms with Gasteiger partial charge in [0, 0.05) is 5.56 Å². The summed E-state index contributed by atoms with van der Waals surface area (Å²) in [6, 6.07) is 21.1. The van der Waals surface area contributed by atoms with Gasteiger partial charge in [-0.2, -0.15) is 5.01 Å². The number of methoxy groups -OCH3 is 1. The Hall–Kier alpha value is -3.82. The number of amides is 2. The minimum absolute atomic E-state index is 0.00375. The maximum Gasteiger partial charge on any atom is 0.285 e. The summed E-state index contributed by atoms with van der Waals surface area (Å²) in [6.45, 7) is 0.419. The molecule has 4 rings (SSSR count). The Balaban J connectivity index is 1.39. The van der Waals surface area contributed by atoms with Crippen LogP contribution in [0, 0.1) is 0 Å². The number of phenols is 1. The average molecular weight is 493 g/mol. The molecule has 7 nitrogen and oxygen atoms in total. The molecule has 1 aliphatic heterocycles. The lowest BCUT2D eigenvalue weighted by Gasteiger charge is -2.15. The van der Waals surface area contributed by atoms with Gasteiger partial charge in [0.2, 0.25) is 0 Å². The van der Waals surface area contributed by atoms with Crippen LogP contribution < -0.4 is 14.9 Å². The van der Waals surface area contributed by atoms with Gasteiger partial charge in [0.1, 0.15) is 12.4 Å². The lowest BCUT2D eigenvalue weighted by Crippen LogP contribution is -2.44. The van der Waals surface area contributed by atoms with E-state index in [-0.39, 0.29) is 15.8 Å². The molecule has 1 aliphatic rings. The molecule has 0 unspecified atom stereocenters. The van der Waals surface area contributed by atoms with Gasteiger partial charge in [-0.15, -0.1) is 0 Å². The molecule has 0 radical (unpaired) electrons. The third kappa shape index (κ3) is 5.38. The molecule has 1 fully saturated rings.